The summed E-state index contributed by atoms with van der Waals surface area (Å²) in [5, 5.41) is 5.58. The van der Waals surface area contributed by atoms with E-state index in [-0.39, 0.29) is 12.7 Å². The Morgan fingerprint density at radius 3 is 2.81 bits per heavy atom. The number of hydrogen-bond donors (Lipinski definition) is 1. The van der Waals surface area contributed by atoms with Gasteiger partial charge in [-0.2, -0.15) is 0 Å². The van der Waals surface area contributed by atoms with Gasteiger partial charge in [-0.05, 0) is 47.0 Å². The lowest BCUT2D eigenvalue weighted by Crippen LogP contribution is -2.19. The smallest absolute Gasteiger partial charge is 0.264 e. The molecule has 3 aromatic rings. The highest BCUT2D eigenvalue weighted by Gasteiger charge is 2.24. The molecule has 0 aromatic heterocycles. The standard InChI is InChI=1S/C21H14N2O3S/c24-20-19(11-13-8-9-17-18(10-13)26-12-25-17)27-21(23-20)22-16-7-3-5-14-4-1-2-6-15(14)16/h1-11H,12H2,(H,22,23,24)/b19-11-. The summed E-state index contributed by atoms with van der Waals surface area (Å²) >= 11 is 1.33. The number of rotatable bonds is 2. The van der Waals surface area contributed by atoms with Crippen LogP contribution in [0.3, 0.4) is 0 Å². The van der Waals surface area contributed by atoms with Crippen molar-refractivity contribution in [3.63, 3.8) is 0 Å². The van der Waals surface area contributed by atoms with Crippen molar-refractivity contribution in [2.75, 3.05) is 6.79 Å². The van der Waals surface area contributed by atoms with Crippen LogP contribution < -0.4 is 14.8 Å². The van der Waals surface area contributed by atoms with Gasteiger partial charge in [0.15, 0.2) is 16.7 Å². The summed E-state index contributed by atoms with van der Waals surface area (Å²) in [6.07, 6.45) is 1.83. The molecule has 0 atom stereocenters. The number of fused-ring (bicyclic) bond motifs is 2. The van der Waals surface area contributed by atoms with Crippen LogP contribution in [0.4, 0.5) is 5.69 Å². The zero-order chi connectivity index (χ0) is 18.2. The fourth-order valence-electron chi connectivity index (χ4n) is 3.05. The van der Waals surface area contributed by atoms with E-state index < -0.39 is 0 Å². The number of benzene rings is 3. The molecule has 6 heteroatoms. The third-order valence-electron chi connectivity index (χ3n) is 4.33. The monoisotopic (exact) mass is 374 g/mol. The first kappa shape index (κ1) is 16.0. The normalized spacial score (nSPS) is 18.4. The summed E-state index contributed by atoms with van der Waals surface area (Å²) < 4.78 is 10.7. The van der Waals surface area contributed by atoms with Crippen LogP contribution in [0.15, 0.2) is 70.6 Å². The van der Waals surface area contributed by atoms with E-state index >= 15 is 0 Å². The van der Waals surface area contributed by atoms with Crippen molar-refractivity contribution in [1.29, 1.82) is 0 Å². The molecule has 2 aliphatic heterocycles. The van der Waals surface area contributed by atoms with Gasteiger partial charge >= 0.3 is 0 Å². The van der Waals surface area contributed by atoms with Gasteiger partial charge in [0.05, 0.1) is 10.6 Å². The molecule has 0 aliphatic carbocycles. The Kier molecular flexibility index (Phi) is 3.83. The highest BCUT2D eigenvalue weighted by Crippen LogP contribution is 2.35. The van der Waals surface area contributed by atoms with E-state index in [1.807, 2.05) is 66.7 Å². The van der Waals surface area contributed by atoms with E-state index in [2.05, 4.69) is 10.3 Å². The zero-order valence-electron chi connectivity index (χ0n) is 14.1. The molecule has 0 saturated carbocycles. The molecule has 1 amide bonds. The van der Waals surface area contributed by atoms with Crippen LogP contribution in [-0.2, 0) is 4.79 Å². The third kappa shape index (κ3) is 3.04. The summed E-state index contributed by atoms with van der Waals surface area (Å²) in [5.74, 6) is 1.26. The Morgan fingerprint density at radius 2 is 1.85 bits per heavy atom. The highest BCUT2D eigenvalue weighted by atomic mass is 32.2. The Balaban J connectivity index is 1.45. The minimum Gasteiger partial charge on any atom is -0.454 e. The van der Waals surface area contributed by atoms with Gasteiger partial charge in [-0.3, -0.25) is 4.79 Å². The Hall–Kier alpha value is -3.25. The van der Waals surface area contributed by atoms with E-state index in [0.29, 0.717) is 15.8 Å². The molecule has 5 rings (SSSR count). The second kappa shape index (κ2) is 6.48. The lowest BCUT2D eigenvalue weighted by molar-refractivity contribution is -0.115. The quantitative estimate of drug-likeness (QED) is 0.673. The van der Waals surface area contributed by atoms with Gasteiger partial charge in [0.2, 0.25) is 6.79 Å². The van der Waals surface area contributed by atoms with Gasteiger partial charge in [0.25, 0.3) is 5.91 Å². The van der Waals surface area contributed by atoms with Crippen molar-refractivity contribution in [2.45, 2.75) is 0 Å². The van der Waals surface area contributed by atoms with Crippen LogP contribution in [0.1, 0.15) is 5.56 Å². The van der Waals surface area contributed by atoms with Crippen LogP contribution in [0, 0.1) is 0 Å². The Bertz CT molecular complexity index is 1130. The molecule has 132 valence electrons. The van der Waals surface area contributed by atoms with Crippen LogP contribution in [0.5, 0.6) is 11.5 Å². The van der Waals surface area contributed by atoms with E-state index in [1.54, 1.807) is 0 Å². The van der Waals surface area contributed by atoms with Crippen LogP contribution in [-0.4, -0.2) is 17.9 Å². The molecule has 0 unspecified atom stereocenters. The van der Waals surface area contributed by atoms with E-state index in [4.69, 9.17) is 9.47 Å². The second-order valence-corrected chi connectivity index (χ2v) is 7.12. The first-order valence-electron chi connectivity index (χ1n) is 8.43. The van der Waals surface area contributed by atoms with E-state index in [0.717, 1.165) is 27.8 Å². The van der Waals surface area contributed by atoms with Crippen molar-refractivity contribution in [2.24, 2.45) is 4.99 Å². The molecule has 1 fully saturated rings. The number of ether oxygens (including phenoxy) is 2. The Labute approximate surface area is 159 Å². The minimum absolute atomic E-state index is 0.156. The first-order valence-corrected chi connectivity index (χ1v) is 9.25. The molecule has 5 nitrogen and oxygen atoms in total. The number of nitrogens with zero attached hydrogens (tertiary/aromatic N) is 1. The number of amides is 1. The molecule has 2 heterocycles. The van der Waals surface area contributed by atoms with E-state index in [1.165, 1.54) is 11.8 Å². The molecule has 1 N–H and O–H groups in total. The van der Waals surface area contributed by atoms with Gasteiger partial charge in [-0.25, -0.2) is 4.99 Å². The predicted molar refractivity (Wildman–Crippen MR) is 107 cm³/mol. The maximum atomic E-state index is 12.3. The molecular weight excluding hydrogens is 360 g/mol. The SMILES string of the molecule is O=C1NC(=Nc2cccc3ccccc23)S/C1=C\c1ccc2c(c1)OCO2. The topological polar surface area (TPSA) is 59.9 Å². The van der Waals surface area contributed by atoms with Crippen molar-refractivity contribution in [3.05, 3.63) is 71.1 Å². The average molecular weight is 374 g/mol. The summed E-state index contributed by atoms with van der Waals surface area (Å²) in [6, 6.07) is 19.6. The minimum atomic E-state index is -0.156. The average Bonchev–Trinajstić information content (AvgIpc) is 3.28. The molecule has 2 aliphatic rings. The molecule has 0 bridgehead atoms. The van der Waals surface area contributed by atoms with Crippen LogP contribution in [0.25, 0.3) is 16.8 Å². The zero-order valence-corrected chi connectivity index (χ0v) is 15.0. The van der Waals surface area contributed by atoms with Gasteiger partial charge in [0.1, 0.15) is 0 Å². The number of amidine groups is 1. The number of nitrogens with one attached hydrogen (secondary N) is 1. The molecular formula is C21H14N2O3S. The second-order valence-electron chi connectivity index (χ2n) is 6.09. The largest absolute Gasteiger partial charge is 0.454 e. The molecule has 27 heavy (non-hydrogen) atoms. The Morgan fingerprint density at radius 1 is 1.00 bits per heavy atom. The van der Waals surface area contributed by atoms with Crippen molar-refractivity contribution < 1.29 is 14.3 Å². The summed E-state index contributed by atoms with van der Waals surface area (Å²) in [7, 11) is 0. The fourth-order valence-corrected chi connectivity index (χ4v) is 3.88. The van der Waals surface area contributed by atoms with Crippen LogP contribution in [0.2, 0.25) is 0 Å². The summed E-state index contributed by atoms with van der Waals surface area (Å²) in [6.45, 7) is 0.229. The predicted octanol–water partition coefficient (Wildman–Crippen LogP) is 4.46. The first-order chi connectivity index (χ1) is 13.3. The maximum Gasteiger partial charge on any atom is 0.264 e. The third-order valence-corrected chi connectivity index (χ3v) is 5.24. The van der Waals surface area contributed by atoms with Gasteiger partial charge in [0, 0.05) is 5.39 Å². The fraction of sp³-hybridized carbons (Fsp3) is 0.0476. The van der Waals surface area contributed by atoms with Gasteiger partial charge < -0.3 is 14.8 Å². The van der Waals surface area contributed by atoms with Gasteiger partial charge in [-0.1, -0.05) is 42.5 Å². The number of aliphatic imine (C=N–C) groups is 1. The van der Waals surface area contributed by atoms with E-state index in [9.17, 15) is 4.79 Å². The number of thioether (sulfide) groups is 1. The summed E-state index contributed by atoms with van der Waals surface area (Å²) in [4.78, 5) is 17.6. The number of hydrogen-bond acceptors (Lipinski definition) is 5. The van der Waals surface area contributed by atoms with Gasteiger partial charge in [-0.15, -0.1) is 0 Å². The lowest BCUT2D eigenvalue weighted by atomic mass is 10.1. The number of carbonyl (C=O) groups excluding carboxylic acids is 1. The van der Waals surface area contributed by atoms with Crippen molar-refractivity contribution >= 4 is 45.4 Å². The maximum absolute atomic E-state index is 12.3. The van der Waals surface area contributed by atoms with Crippen molar-refractivity contribution in [1.82, 2.24) is 5.32 Å². The molecule has 0 spiro atoms. The highest BCUT2D eigenvalue weighted by molar-refractivity contribution is 8.18. The molecule has 1 saturated heterocycles. The summed E-state index contributed by atoms with van der Waals surface area (Å²) in [5.41, 5.74) is 1.71. The lowest BCUT2D eigenvalue weighted by Gasteiger charge is -2.02. The molecule has 0 radical (unpaired) electrons. The van der Waals surface area contributed by atoms with Crippen LogP contribution >= 0.6 is 11.8 Å². The van der Waals surface area contributed by atoms with Crippen molar-refractivity contribution in [3.8, 4) is 11.5 Å². The number of carbonyl (C=O) groups is 1. The molecule has 3 aromatic carbocycles.